The Morgan fingerprint density at radius 3 is 2.65 bits per heavy atom. The molecule has 0 radical (unpaired) electrons. The minimum absolute atomic E-state index is 0.203. The molecule has 26 heavy (non-hydrogen) atoms. The van der Waals surface area contributed by atoms with Crippen molar-refractivity contribution in [2.24, 2.45) is 0 Å². The van der Waals surface area contributed by atoms with Gasteiger partial charge in [0.15, 0.2) is 5.82 Å². The number of carbonyl (C=O) groups excluding carboxylic acids is 1. The first-order valence-corrected chi connectivity index (χ1v) is 8.20. The Bertz CT molecular complexity index is 994. The minimum Gasteiger partial charge on any atom is -0.494 e. The molecule has 6 heteroatoms. The number of methoxy groups -OCH3 is 1. The third kappa shape index (κ3) is 3.28. The van der Waals surface area contributed by atoms with E-state index in [1.165, 1.54) is 0 Å². The van der Waals surface area contributed by atoms with E-state index in [4.69, 9.17) is 4.74 Å². The molecular weight excluding hydrogens is 328 g/mol. The highest BCUT2D eigenvalue weighted by Crippen LogP contribution is 2.35. The Morgan fingerprint density at radius 2 is 2.00 bits per heavy atom. The highest BCUT2D eigenvalue weighted by molar-refractivity contribution is 6.01. The van der Waals surface area contributed by atoms with Crippen LogP contribution in [-0.4, -0.2) is 24.7 Å². The van der Waals surface area contributed by atoms with Crippen molar-refractivity contribution in [2.75, 3.05) is 19.0 Å². The number of hydrogen-bond acceptors (Lipinski definition) is 4. The first-order chi connectivity index (χ1) is 12.7. The minimum atomic E-state index is -0.408. The van der Waals surface area contributed by atoms with Crippen molar-refractivity contribution in [2.45, 2.75) is 6.92 Å². The predicted molar refractivity (Wildman–Crippen MR) is 101 cm³/mol. The Kier molecular flexibility index (Phi) is 4.99. The van der Waals surface area contributed by atoms with E-state index in [2.05, 4.69) is 21.7 Å². The van der Waals surface area contributed by atoms with Gasteiger partial charge in [-0.3, -0.25) is 5.32 Å². The molecule has 0 saturated carbocycles. The van der Waals surface area contributed by atoms with Crippen molar-refractivity contribution < 1.29 is 9.53 Å². The van der Waals surface area contributed by atoms with Crippen LogP contribution >= 0.6 is 0 Å². The monoisotopic (exact) mass is 346 g/mol. The van der Waals surface area contributed by atoms with Crippen LogP contribution in [0.15, 0.2) is 48.5 Å². The highest BCUT2D eigenvalue weighted by atomic mass is 16.5. The first-order valence-electron chi connectivity index (χ1n) is 8.20. The number of amides is 2. The van der Waals surface area contributed by atoms with Gasteiger partial charge in [0.25, 0.3) is 0 Å². The molecule has 3 rings (SSSR count). The van der Waals surface area contributed by atoms with Crippen molar-refractivity contribution in [3.63, 3.8) is 0 Å². The lowest BCUT2D eigenvalue weighted by Gasteiger charge is -2.13. The summed E-state index contributed by atoms with van der Waals surface area (Å²) >= 11 is 0. The molecule has 2 aromatic carbocycles. The van der Waals surface area contributed by atoms with E-state index in [1.807, 2.05) is 49.4 Å². The number of rotatable bonds is 4. The van der Waals surface area contributed by atoms with Crippen LogP contribution in [0.2, 0.25) is 0 Å². The van der Waals surface area contributed by atoms with Crippen molar-refractivity contribution in [3.8, 4) is 22.9 Å². The number of pyridine rings is 1. The first kappa shape index (κ1) is 17.2. The molecule has 0 aliphatic carbocycles. The Labute approximate surface area is 151 Å². The van der Waals surface area contributed by atoms with Crippen molar-refractivity contribution in [3.05, 3.63) is 54.1 Å². The van der Waals surface area contributed by atoms with E-state index in [0.717, 1.165) is 16.5 Å². The van der Waals surface area contributed by atoms with Crippen LogP contribution in [0.4, 0.5) is 10.6 Å². The highest BCUT2D eigenvalue weighted by Gasteiger charge is 2.15. The van der Waals surface area contributed by atoms with Gasteiger partial charge in [-0.2, -0.15) is 5.26 Å². The zero-order chi connectivity index (χ0) is 18.5. The number of hydrogen-bond donors (Lipinski definition) is 2. The fourth-order valence-corrected chi connectivity index (χ4v) is 2.76. The van der Waals surface area contributed by atoms with Crippen LogP contribution < -0.4 is 15.4 Å². The second-order valence-corrected chi connectivity index (χ2v) is 5.56. The summed E-state index contributed by atoms with van der Waals surface area (Å²) in [5.74, 6) is 0.776. The number of nitrogens with zero attached hydrogens (tertiary/aromatic N) is 2. The van der Waals surface area contributed by atoms with Gasteiger partial charge in [0.2, 0.25) is 0 Å². The lowest BCUT2D eigenvalue weighted by atomic mass is 9.99. The normalized spacial score (nSPS) is 10.2. The fraction of sp³-hybridized carbons (Fsp3) is 0.150. The number of ether oxygens (including phenoxy) is 1. The van der Waals surface area contributed by atoms with Crippen LogP contribution in [0.25, 0.3) is 22.0 Å². The lowest BCUT2D eigenvalue weighted by Crippen LogP contribution is -2.29. The van der Waals surface area contributed by atoms with Gasteiger partial charge in [-0.05, 0) is 36.2 Å². The Balaban J connectivity index is 2.22. The zero-order valence-corrected chi connectivity index (χ0v) is 14.5. The van der Waals surface area contributed by atoms with E-state index in [0.29, 0.717) is 17.8 Å². The van der Waals surface area contributed by atoms with E-state index in [1.54, 1.807) is 13.2 Å². The molecule has 6 nitrogen and oxygen atoms in total. The summed E-state index contributed by atoms with van der Waals surface area (Å²) in [6, 6.07) is 17.0. The molecule has 2 amide bonds. The second kappa shape index (κ2) is 7.53. The van der Waals surface area contributed by atoms with Crippen LogP contribution in [0.5, 0.6) is 5.75 Å². The smallest absolute Gasteiger partial charge is 0.320 e. The predicted octanol–water partition coefficient (Wildman–Crippen LogP) is 3.92. The number of anilines is 1. The van der Waals surface area contributed by atoms with Crippen molar-refractivity contribution in [1.29, 1.82) is 5.26 Å². The number of nitrogens with one attached hydrogen (secondary N) is 2. The Hall–Kier alpha value is -3.59. The van der Waals surface area contributed by atoms with Gasteiger partial charge in [-0.25, -0.2) is 9.78 Å². The molecule has 0 aliphatic heterocycles. The van der Waals surface area contributed by atoms with Crippen LogP contribution in [0.1, 0.15) is 12.5 Å². The van der Waals surface area contributed by atoms with Gasteiger partial charge in [0.05, 0.1) is 12.7 Å². The summed E-state index contributed by atoms with van der Waals surface area (Å²) in [5.41, 5.74) is 2.82. The number of urea groups is 1. The van der Waals surface area contributed by atoms with Gasteiger partial charge < -0.3 is 10.1 Å². The molecule has 1 heterocycles. The Morgan fingerprint density at radius 1 is 1.23 bits per heavy atom. The van der Waals surface area contributed by atoms with Gasteiger partial charge in [-0.1, -0.05) is 30.3 Å². The standard InChI is InChI=1S/C20H18N4O2/c1-3-22-20(25)24-19-14(12-21)11-16-15(13-7-5-4-6-8-13)9-10-17(26-2)18(16)23-19/h4-11H,3H2,1-2H3,(H2,22,23,24,25). The maximum absolute atomic E-state index is 11.9. The molecule has 0 fully saturated rings. The van der Waals surface area contributed by atoms with Gasteiger partial charge in [0.1, 0.15) is 17.3 Å². The van der Waals surface area contributed by atoms with E-state index in [9.17, 15) is 10.1 Å². The van der Waals surface area contributed by atoms with E-state index < -0.39 is 6.03 Å². The number of nitriles is 1. The van der Waals surface area contributed by atoms with Gasteiger partial charge in [0, 0.05) is 11.9 Å². The van der Waals surface area contributed by atoms with Crippen LogP contribution in [-0.2, 0) is 0 Å². The molecule has 0 atom stereocenters. The second-order valence-electron chi connectivity index (χ2n) is 5.56. The molecule has 3 aromatic rings. The van der Waals surface area contributed by atoms with Crippen molar-refractivity contribution >= 4 is 22.8 Å². The summed E-state index contributed by atoms with van der Waals surface area (Å²) in [6.07, 6.45) is 0. The molecule has 2 N–H and O–H groups in total. The summed E-state index contributed by atoms with van der Waals surface area (Å²) in [5, 5.41) is 15.6. The molecular formula is C20H18N4O2. The third-order valence-corrected chi connectivity index (χ3v) is 3.94. The maximum atomic E-state index is 11.9. The van der Waals surface area contributed by atoms with Crippen LogP contribution in [0.3, 0.4) is 0 Å². The number of fused-ring (bicyclic) bond motifs is 1. The summed E-state index contributed by atoms with van der Waals surface area (Å²) in [6.45, 7) is 2.29. The molecule has 0 aliphatic rings. The van der Waals surface area contributed by atoms with Gasteiger partial charge in [-0.15, -0.1) is 0 Å². The summed E-state index contributed by atoms with van der Waals surface area (Å²) in [4.78, 5) is 16.4. The summed E-state index contributed by atoms with van der Waals surface area (Å²) < 4.78 is 5.43. The van der Waals surface area contributed by atoms with Gasteiger partial charge >= 0.3 is 6.03 Å². The number of carbonyl (C=O) groups is 1. The zero-order valence-electron chi connectivity index (χ0n) is 14.5. The number of benzene rings is 2. The summed E-state index contributed by atoms with van der Waals surface area (Å²) in [7, 11) is 1.56. The maximum Gasteiger partial charge on any atom is 0.320 e. The van der Waals surface area contributed by atoms with Crippen molar-refractivity contribution in [1.82, 2.24) is 10.3 Å². The quantitative estimate of drug-likeness (QED) is 0.749. The third-order valence-electron chi connectivity index (χ3n) is 3.94. The number of aromatic nitrogens is 1. The molecule has 130 valence electrons. The average Bonchev–Trinajstić information content (AvgIpc) is 2.67. The fourth-order valence-electron chi connectivity index (χ4n) is 2.76. The molecule has 1 aromatic heterocycles. The van der Waals surface area contributed by atoms with E-state index >= 15 is 0 Å². The molecule has 0 spiro atoms. The largest absolute Gasteiger partial charge is 0.494 e. The average molecular weight is 346 g/mol. The SMILES string of the molecule is CCNC(=O)Nc1nc2c(OC)ccc(-c3ccccc3)c2cc1C#N. The molecule has 0 bridgehead atoms. The van der Waals surface area contributed by atoms with E-state index in [-0.39, 0.29) is 11.4 Å². The lowest BCUT2D eigenvalue weighted by molar-refractivity contribution is 0.252. The topological polar surface area (TPSA) is 87.0 Å². The van der Waals surface area contributed by atoms with Crippen LogP contribution in [0, 0.1) is 11.3 Å². The molecule has 0 saturated heterocycles. The molecule has 0 unspecified atom stereocenters.